The number of hydrogen-bond donors (Lipinski definition) is 1. The minimum absolute atomic E-state index is 0.0337. The van der Waals surface area contributed by atoms with Crippen molar-refractivity contribution in [2.45, 2.75) is 20.8 Å². The van der Waals surface area contributed by atoms with Gasteiger partial charge in [-0.3, -0.25) is 4.79 Å². The van der Waals surface area contributed by atoms with E-state index in [2.05, 4.69) is 5.32 Å². The largest absolute Gasteiger partial charge is 0.484 e. The molecule has 2 aromatic carbocycles. The second kappa shape index (κ2) is 6.64. The topological polar surface area (TPSA) is 38.3 Å². The molecule has 0 aromatic heterocycles. The van der Waals surface area contributed by atoms with Crippen molar-refractivity contribution in [2.75, 3.05) is 11.9 Å². The van der Waals surface area contributed by atoms with E-state index in [1.807, 2.05) is 51.1 Å². The molecule has 0 heterocycles. The van der Waals surface area contributed by atoms with Gasteiger partial charge in [-0.25, -0.2) is 0 Å². The van der Waals surface area contributed by atoms with Crippen LogP contribution in [-0.2, 0) is 4.79 Å². The van der Waals surface area contributed by atoms with Gasteiger partial charge in [0.15, 0.2) is 6.61 Å². The highest BCUT2D eigenvalue weighted by molar-refractivity contribution is 6.31. The second-order valence-corrected chi connectivity index (χ2v) is 5.45. The first-order chi connectivity index (χ1) is 9.95. The molecule has 0 bridgehead atoms. The van der Waals surface area contributed by atoms with Gasteiger partial charge in [-0.1, -0.05) is 23.7 Å². The Kier molecular flexibility index (Phi) is 4.86. The number of anilines is 1. The van der Waals surface area contributed by atoms with Crippen molar-refractivity contribution < 1.29 is 9.53 Å². The van der Waals surface area contributed by atoms with Crippen LogP contribution in [0.2, 0.25) is 5.02 Å². The Morgan fingerprint density at radius 3 is 2.43 bits per heavy atom. The molecule has 1 N–H and O–H groups in total. The zero-order valence-corrected chi connectivity index (χ0v) is 13.1. The van der Waals surface area contributed by atoms with Gasteiger partial charge in [-0.2, -0.15) is 0 Å². The summed E-state index contributed by atoms with van der Waals surface area (Å²) in [6, 6.07) is 11.2. The van der Waals surface area contributed by atoms with E-state index in [9.17, 15) is 4.79 Å². The normalized spacial score (nSPS) is 10.3. The molecule has 0 radical (unpaired) electrons. The highest BCUT2D eigenvalue weighted by Gasteiger charge is 2.05. The first kappa shape index (κ1) is 15.4. The molecule has 21 heavy (non-hydrogen) atoms. The quantitative estimate of drug-likeness (QED) is 0.915. The summed E-state index contributed by atoms with van der Waals surface area (Å²) in [6.07, 6.45) is 0. The van der Waals surface area contributed by atoms with Gasteiger partial charge in [0.25, 0.3) is 5.91 Å². The smallest absolute Gasteiger partial charge is 0.262 e. The number of carbonyl (C=O) groups is 1. The number of nitrogens with one attached hydrogen (secondary N) is 1. The van der Waals surface area contributed by atoms with Crippen LogP contribution >= 0.6 is 11.6 Å². The number of amides is 1. The van der Waals surface area contributed by atoms with Gasteiger partial charge in [-0.05, 0) is 61.7 Å². The Morgan fingerprint density at radius 1 is 1.05 bits per heavy atom. The van der Waals surface area contributed by atoms with E-state index in [0.29, 0.717) is 16.5 Å². The van der Waals surface area contributed by atoms with Crippen molar-refractivity contribution in [3.05, 3.63) is 58.1 Å². The average Bonchev–Trinajstić information content (AvgIpc) is 2.44. The van der Waals surface area contributed by atoms with E-state index in [4.69, 9.17) is 16.3 Å². The first-order valence-corrected chi connectivity index (χ1v) is 7.09. The molecule has 1 amide bonds. The lowest BCUT2D eigenvalue weighted by molar-refractivity contribution is -0.118. The van der Waals surface area contributed by atoms with Crippen molar-refractivity contribution in [2.24, 2.45) is 0 Å². The molecule has 0 aliphatic rings. The number of rotatable bonds is 4. The van der Waals surface area contributed by atoms with Gasteiger partial charge >= 0.3 is 0 Å². The monoisotopic (exact) mass is 303 g/mol. The fourth-order valence-electron chi connectivity index (χ4n) is 1.82. The summed E-state index contributed by atoms with van der Waals surface area (Å²) in [4.78, 5) is 11.9. The van der Waals surface area contributed by atoms with Crippen molar-refractivity contribution in [1.82, 2.24) is 0 Å². The summed E-state index contributed by atoms with van der Waals surface area (Å²) in [5.74, 6) is 0.475. The highest BCUT2D eigenvalue weighted by atomic mass is 35.5. The van der Waals surface area contributed by atoms with Crippen LogP contribution in [0.4, 0.5) is 5.69 Å². The minimum Gasteiger partial charge on any atom is -0.484 e. The number of ether oxygens (including phenoxy) is 1. The van der Waals surface area contributed by atoms with E-state index in [0.717, 1.165) is 11.1 Å². The number of halogens is 1. The van der Waals surface area contributed by atoms with Crippen molar-refractivity contribution >= 4 is 23.2 Å². The molecule has 0 saturated carbocycles. The molecule has 0 aliphatic carbocycles. The van der Waals surface area contributed by atoms with Gasteiger partial charge in [-0.15, -0.1) is 0 Å². The van der Waals surface area contributed by atoms with E-state index < -0.39 is 0 Å². The third-order valence-corrected chi connectivity index (χ3v) is 3.71. The Balaban J connectivity index is 1.92. The molecule has 3 nitrogen and oxygen atoms in total. The Bertz CT molecular complexity index is 668. The fraction of sp³-hybridized carbons (Fsp3) is 0.235. The number of benzene rings is 2. The van der Waals surface area contributed by atoms with E-state index in [1.165, 1.54) is 5.56 Å². The van der Waals surface area contributed by atoms with Crippen LogP contribution in [-0.4, -0.2) is 12.5 Å². The molecule has 0 spiro atoms. The van der Waals surface area contributed by atoms with Gasteiger partial charge in [0.2, 0.25) is 0 Å². The summed E-state index contributed by atoms with van der Waals surface area (Å²) in [5, 5.41) is 3.39. The van der Waals surface area contributed by atoms with E-state index >= 15 is 0 Å². The third kappa shape index (κ3) is 4.23. The second-order valence-electron chi connectivity index (χ2n) is 5.05. The van der Waals surface area contributed by atoms with Crippen LogP contribution in [0.3, 0.4) is 0 Å². The highest BCUT2D eigenvalue weighted by Crippen LogP contribution is 2.20. The van der Waals surface area contributed by atoms with Crippen LogP contribution in [0.25, 0.3) is 0 Å². The van der Waals surface area contributed by atoms with Gasteiger partial charge < -0.3 is 10.1 Å². The average molecular weight is 304 g/mol. The molecular weight excluding hydrogens is 286 g/mol. The molecule has 0 aliphatic heterocycles. The molecule has 0 atom stereocenters. The third-order valence-electron chi connectivity index (χ3n) is 3.30. The van der Waals surface area contributed by atoms with Crippen LogP contribution in [0.1, 0.15) is 16.7 Å². The fourth-order valence-corrected chi connectivity index (χ4v) is 2.00. The zero-order chi connectivity index (χ0) is 15.4. The summed E-state index contributed by atoms with van der Waals surface area (Å²) in [5.41, 5.74) is 3.97. The molecule has 110 valence electrons. The number of carbonyl (C=O) groups excluding carboxylic acids is 1. The minimum atomic E-state index is -0.215. The maximum atomic E-state index is 11.9. The number of aryl methyl sites for hydroxylation is 3. The van der Waals surface area contributed by atoms with Crippen LogP contribution in [0.15, 0.2) is 36.4 Å². The van der Waals surface area contributed by atoms with Crippen LogP contribution < -0.4 is 10.1 Å². The standard InChI is InChI=1S/C17H18ClNO2/c1-11-5-7-15(8-13(11)3)21-10-17(20)19-14-6-4-12(2)16(18)9-14/h4-9H,10H2,1-3H3,(H,19,20). The predicted octanol–water partition coefficient (Wildman–Crippen LogP) is 4.28. The van der Waals surface area contributed by atoms with Crippen LogP contribution in [0, 0.1) is 20.8 Å². The SMILES string of the molecule is Cc1ccc(OCC(=O)Nc2ccc(C)c(Cl)c2)cc1C. The molecule has 4 heteroatoms. The molecule has 0 fully saturated rings. The van der Waals surface area contributed by atoms with E-state index in [1.54, 1.807) is 6.07 Å². The maximum Gasteiger partial charge on any atom is 0.262 e. The summed E-state index contributed by atoms with van der Waals surface area (Å²) in [7, 11) is 0. The number of hydrogen-bond acceptors (Lipinski definition) is 2. The van der Waals surface area contributed by atoms with Crippen molar-refractivity contribution in [1.29, 1.82) is 0 Å². The van der Waals surface area contributed by atoms with Gasteiger partial charge in [0.05, 0.1) is 0 Å². The Hall–Kier alpha value is -2.00. The predicted molar refractivity (Wildman–Crippen MR) is 86.2 cm³/mol. The molecular formula is C17H18ClNO2. The molecule has 2 rings (SSSR count). The van der Waals surface area contributed by atoms with Crippen molar-refractivity contribution in [3.8, 4) is 5.75 Å². The van der Waals surface area contributed by atoms with Gasteiger partial charge in [0.1, 0.15) is 5.75 Å². The summed E-state index contributed by atoms with van der Waals surface area (Å²) < 4.78 is 5.48. The molecule has 0 saturated heterocycles. The van der Waals surface area contributed by atoms with E-state index in [-0.39, 0.29) is 12.5 Å². The maximum absolute atomic E-state index is 11.9. The summed E-state index contributed by atoms with van der Waals surface area (Å²) in [6.45, 7) is 5.92. The lowest BCUT2D eigenvalue weighted by atomic mass is 10.1. The lowest BCUT2D eigenvalue weighted by Crippen LogP contribution is -2.20. The Morgan fingerprint density at radius 2 is 1.76 bits per heavy atom. The first-order valence-electron chi connectivity index (χ1n) is 6.72. The molecule has 2 aromatic rings. The van der Waals surface area contributed by atoms with Crippen molar-refractivity contribution in [3.63, 3.8) is 0 Å². The van der Waals surface area contributed by atoms with Crippen LogP contribution in [0.5, 0.6) is 5.75 Å². The Labute approximate surface area is 129 Å². The molecule has 0 unspecified atom stereocenters. The summed E-state index contributed by atoms with van der Waals surface area (Å²) >= 11 is 6.02. The van der Waals surface area contributed by atoms with Gasteiger partial charge in [0, 0.05) is 10.7 Å². The lowest BCUT2D eigenvalue weighted by Gasteiger charge is -2.09. The zero-order valence-electron chi connectivity index (χ0n) is 12.4.